The van der Waals surface area contributed by atoms with Gasteiger partial charge in [0.25, 0.3) is 0 Å². The van der Waals surface area contributed by atoms with Crippen LogP contribution in [0.4, 0.5) is 11.6 Å². The molecule has 5 rings (SSSR count). The van der Waals surface area contributed by atoms with Gasteiger partial charge in [-0.25, -0.2) is 15.0 Å². The van der Waals surface area contributed by atoms with E-state index in [2.05, 4.69) is 44.0 Å². The first-order valence-corrected chi connectivity index (χ1v) is 10.1. The molecule has 1 saturated heterocycles. The molecule has 0 unspecified atom stereocenters. The first-order chi connectivity index (χ1) is 14.9. The quantitative estimate of drug-likeness (QED) is 0.523. The fourth-order valence-electron chi connectivity index (χ4n) is 3.68. The van der Waals surface area contributed by atoms with Crippen molar-refractivity contribution in [2.75, 3.05) is 36.0 Å². The average Bonchev–Trinajstić information content (AvgIpc) is 2.85. The highest BCUT2D eigenvalue weighted by atomic mass is 15.3. The molecule has 0 N–H and O–H groups in total. The van der Waals surface area contributed by atoms with E-state index in [4.69, 9.17) is 9.97 Å². The van der Waals surface area contributed by atoms with Crippen LogP contribution in [-0.2, 0) is 0 Å². The Hall–Kier alpha value is -3.80. The summed E-state index contributed by atoms with van der Waals surface area (Å²) in [6.07, 6.45) is 5.42. The Kier molecular flexibility index (Phi) is 5.04. The van der Waals surface area contributed by atoms with Crippen molar-refractivity contribution >= 4 is 11.6 Å². The van der Waals surface area contributed by atoms with Gasteiger partial charge in [0.05, 0.1) is 5.69 Å². The van der Waals surface area contributed by atoms with E-state index in [1.807, 2.05) is 54.9 Å². The third-order valence-electron chi connectivity index (χ3n) is 5.28. The number of hydrogen-bond donors (Lipinski definition) is 0. The van der Waals surface area contributed by atoms with Gasteiger partial charge in [0.2, 0.25) is 0 Å². The highest BCUT2D eigenvalue weighted by molar-refractivity contribution is 5.67. The number of benzene rings is 1. The van der Waals surface area contributed by atoms with Gasteiger partial charge in [-0.1, -0.05) is 36.4 Å². The second-order valence-electron chi connectivity index (χ2n) is 7.20. The van der Waals surface area contributed by atoms with Crippen LogP contribution in [0.15, 0.2) is 85.3 Å². The van der Waals surface area contributed by atoms with Crippen LogP contribution in [0.3, 0.4) is 0 Å². The van der Waals surface area contributed by atoms with Gasteiger partial charge in [0, 0.05) is 62.0 Å². The standard InChI is InChI=1S/C24H22N6/c1-2-7-19(8-3-1)21-17-23(28-24(27-21)20-9-6-11-25-18-20)30-15-13-29(14-16-30)22-10-4-5-12-26-22/h1-12,17-18H,13-16H2. The van der Waals surface area contributed by atoms with Crippen molar-refractivity contribution in [1.82, 2.24) is 19.9 Å². The van der Waals surface area contributed by atoms with Crippen molar-refractivity contribution in [2.24, 2.45) is 0 Å². The summed E-state index contributed by atoms with van der Waals surface area (Å²) in [6, 6.07) is 22.3. The zero-order valence-electron chi connectivity index (χ0n) is 16.6. The number of aromatic nitrogens is 4. The lowest BCUT2D eigenvalue weighted by atomic mass is 10.1. The molecular weight excluding hydrogens is 372 g/mol. The second-order valence-corrected chi connectivity index (χ2v) is 7.20. The van der Waals surface area contributed by atoms with Crippen LogP contribution < -0.4 is 9.80 Å². The van der Waals surface area contributed by atoms with Gasteiger partial charge in [-0.05, 0) is 24.3 Å². The SMILES string of the molecule is c1ccc(-c2cc(N3CCN(c4ccccn4)CC3)nc(-c3cccnc3)n2)cc1. The summed E-state index contributed by atoms with van der Waals surface area (Å²) in [6.45, 7) is 3.58. The van der Waals surface area contributed by atoms with E-state index >= 15 is 0 Å². The Labute approximate surface area is 175 Å². The van der Waals surface area contributed by atoms with Gasteiger partial charge in [-0.2, -0.15) is 0 Å². The van der Waals surface area contributed by atoms with Crippen LogP contribution in [0.5, 0.6) is 0 Å². The normalized spacial score (nSPS) is 14.0. The van der Waals surface area contributed by atoms with Crippen LogP contribution in [0, 0.1) is 0 Å². The predicted octanol–water partition coefficient (Wildman–Crippen LogP) is 3.93. The van der Waals surface area contributed by atoms with Gasteiger partial charge in [0.15, 0.2) is 5.82 Å². The van der Waals surface area contributed by atoms with Crippen LogP contribution in [-0.4, -0.2) is 46.1 Å². The molecular formula is C24H22N6. The van der Waals surface area contributed by atoms with E-state index in [9.17, 15) is 0 Å². The molecule has 1 aliphatic rings. The molecule has 1 fully saturated rings. The van der Waals surface area contributed by atoms with Crippen LogP contribution in [0.25, 0.3) is 22.6 Å². The molecule has 1 aliphatic heterocycles. The summed E-state index contributed by atoms with van der Waals surface area (Å²) >= 11 is 0. The van der Waals surface area contributed by atoms with E-state index in [0.29, 0.717) is 5.82 Å². The molecule has 0 radical (unpaired) electrons. The van der Waals surface area contributed by atoms with Crippen molar-refractivity contribution in [3.63, 3.8) is 0 Å². The fourth-order valence-corrected chi connectivity index (χ4v) is 3.68. The number of pyridine rings is 2. The van der Waals surface area contributed by atoms with Gasteiger partial charge >= 0.3 is 0 Å². The number of piperazine rings is 1. The zero-order chi connectivity index (χ0) is 20.2. The van der Waals surface area contributed by atoms with E-state index < -0.39 is 0 Å². The van der Waals surface area contributed by atoms with Crippen molar-refractivity contribution in [3.8, 4) is 22.6 Å². The molecule has 6 heteroatoms. The third-order valence-corrected chi connectivity index (χ3v) is 5.28. The molecule has 0 spiro atoms. The lowest BCUT2D eigenvalue weighted by Crippen LogP contribution is -2.47. The Bertz CT molecular complexity index is 1040. The summed E-state index contributed by atoms with van der Waals surface area (Å²) in [5.74, 6) is 2.68. The van der Waals surface area contributed by atoms with Gasteiger partial charge in [-0.15, -0.1) is 0 Å². The Morgan fingerprint density at radius 2 is 1.37 bits per heavy atom. The molecule has 0 amide bonds. The molecule has 0 atom stereocenters. The number of nitrogens with zero attached hydrogens (tertiary/aromatic N) is 6. The average molecular weight is 394 g/mol. The number of hydrogen-bond acceptors (Lipinski definition) is 6. The zero-order valence-corrected chi connectivity index (χ0v) is 16.6. The van der Waals surface area contributed by atoms with Crippen LogP contribution >= 0.6 is 0 Å². The summed E-state index contributed by atoms with van der Waals surface area (Å²) in [5, 5.41) is 0. The molecule has 6 nitrogen and oxygen atoms in total. The summed E-state index contributed by atoms with van der Waals surface area (Å²) in [4.78, 5) is 23.1. The molecule has 1 aromatic carbocycles. The Morgan fingerprint density at radius 3 is 2.07 bits per heavy atom. The van der Waals surface area contributed by atoms with Crippen molar-refractivity contribution in [3.05, 3.63) is 85.3 Å². The summed E-state index contributed by atoms with van der Waals surface area (Å²) in [5.41, 5.74) is 2.92. The minimum Gasteiger partial charge on any atom is -0.353 e. The summed E-state index contributed by atoms with van der Waals surface area (Å²) in [7, 11) is 0. The Morgan fingerprint density at radius 1 is 0.633 bits per heavy atom. The lowest BCUT2D eigenvalue weighted by Gasteiger charge is -2.36. The minimum absolute atomic E-state index is 0.701. The minimum atomic E-state index is 0.701. The third kappa shape index (κ3) is 3.85. The predicted molar refractivity (Wildman–Crippen MR) is 119 cm³/mol. The lowest BCUT2D eigenvalue weighted by molar-refractivity contribution is 0.641. The molecule has 0 saturated carbocycles. The van der Waals surface area contributed by atoms with E-state index in [-0.39, 0.29) is 0 Å². The first-order valence-electron chi connectivity index (χ1n) is 10.1. The van der Waals surface area contributed by atoms with Crippen LogP contribution in [0.1, 0.15) is 0 Å². The molecule has 0 aliphatic carbocycles. The number of rotatable bonds is 4. The van der Waals surface area contributed by atoms with Crippen molar-refractivity contribution in [2.45, 2.75) is 0 Å². The van der Waals surface area contributed by atoms with Gasteiger partial charge in [0.1, 0.15) is 11.6 Å². The maximum Gasteiger partial charge on any atom is 0.163 e. The van der Waals surface area contributed by atoms with E-state index in [1.165, 1.54) is 0 Å². The maximum absolute atomic E-state index is 4.89. The van der Waals surface area contributed by atoms with Crippen molar-refractivity contribution < 1.29 is 0 Å². The molecule has 4 heterocycles. The monoisotopic (exact) mass is 394 g/mol. The van der Waals surface area contributed by atoms with E-state index in [0.717, 1.165) is 54.6 Å². The van der Waals surface area contributed by atoms with Gasteiger partial charge in [-0.3, -0.25) is 4.98 Å². The van der Waals surface area contributed by atoms with Crippen LogP contribution in [0.2, 0.25) is 0 Å². The largest absolute Gasteiger partial charge is 0.353 e. The van der Waals surface area contributed by atoms with E-state index in [1.54, 1.807) is 6.20 Å². The highest BCUT2D eigenvalue weighted by Crippen LogP contribution is 2.26. The smallest absolute Gasteiger partial charge is 0.163 e. The maximum atomic E-state index is 4.89. The topological polar surface area (TPSA) is 58.0 Å². The number of anilines is 2. The van der Waals surface area contributed by atoms with Crippen molar-refractivity contribution in [1.29, 1.82) is 0 Å². The molecule has 3 aromatic heterocycles. The first kappa shape index (κ1) is 18.2. The Balaban J connectivity index is 1.46. The second kappa shape index (κ2) is 8.29. The molecule has 30 heavy (non-hydrogen) atoms. The summed E-state index contributed by atoms with van der Waals surface area (Å²) < 4.78 is 0. The molecule has 4 aromatic rings. The van der Waals surface area contributed by atoms with Gasteiger partial charge < -0.3 is 9.80 Å². The highest BCUT2D eigenvalue weighted by Gasteiger charge is 2.20. The molecule has 0 bridgehead atoms. The molecule has 148 valence electrons. The fraction of sp³-hybridized carbons (Fsp3) is 0.167.